The molecule has 0 saturated carbocycles. The summed E-state index contributed by atoms with van der Waals surface area (Å²) in [5.41, 5.74) is 1.27. The van der Waals surface area contributed by atoms with E-state index in [0.717, 1.165) is 30.7 Å². The predicted octanol–water partition coefficient (Wildman–Crippen LogP) is 3.18. The Morgan fingerprint density at radius 1 is 1.26 bits per heavy atom. The molecule has 0 N–H and O–H groups in total. The van der Waals surface area contributed by atoms with Gasteiger partial charge in [-0.1, -0.05) is 26.3 Å². The third kappa shape index (κ3) is 3.72. The summed E-state index contributed by atoms with van der Waals surface area (Å²) in [4.78, 5) is 18.2. The van der Waals surface area contributed by atoms with Crippen LogP contribution in [0.3, 0.4) is 0 Å². The molecule has 2 heterocycles. The SMILES string of the molecule is CC(C)c1nc(=O)oc2c(OCCN3CCCCC3)cccc12. The highest BCUT2D eigenvalue weighted by molar-refractivity contribution is 5.84. The third-order valence-electron chi connectivity index (χ3n) is 4.32. The molecule has 0 atom stereocenters. The zero-order chi connectivity index (χ0) is 16.2. The van der Waals surface area contributed by atoms with Gasteiger partial charge < -0.3 is 9.15 Å². The molecule has 23 heavy (non-hydrogen) atoms. The lowest BCUT2D eigenvalue weighted by Gasteiger charge is -2.26. The van der Waals surface area contributed by atoms with E-state index in [-0.39, 0.29) is 5.92 Å². The van der Waals surface area contributed by atoms with Crippen molar-refractivity contribution in [1.29, 1.82) is 0 Å². The van der Waals surface area contributed by atoms with E-state index in [1.165, 1.54) is 19.3 Å². The Kier molecular flexibility index (Phi) is 4.96. The Labute approximate surface area is 136 Å². The van der Waals surface area contributed by atoms with Crippen molar-refractivity contribution >= 4 is 11.0 Å². The Morgan fingerprint density at radius 2 is 2.04 bits per heavy atom. The molecule has 3 rings (SSSR count). The van der Waals surface area contributed by atoms with Gasteiger partial charge in [-0.05, 0) is 44.0 Å². The summed E-state index contributed by atoms with van der Waals surface area (Å²) in [6.45, 7) is 7.84. The molecule has 0 spiro atoms. The van der Waals surface area contributed by atoms with E-state index in [1.807, 2.05) is 32.0 Å². The number of aromatic nitrogens is 1. The summed E-state index contributed by atoms with van der Waals surface area (Å²) in [6.07, 6.45) is 3.87. The zero-order valence-electron chi connectivity index (χ0n) is 13.9. The summed E-state index contributed by atoms with van der Waals surface area (Å²) in [5.74, 6) is 0.222. The summed E-state index contributed by atoms with van der Waals surface area (Å²) >= 11 is 0. The summed E-state index contributed by atoms with van der Waals surface area (Å²) in [6, 6.07) is 5.70. The molecule has 2 aromatic rings. The fourth-order valence-corrected chi connectivity index (χ4v) is 3.11. The standard InChI is InChI=1S/C18H24N2O3/c1-13(2)16-14-7-6-8-15(17(14)23-18(21)19-16)22-12-11-20-9-4-3-5-10-20/h6-8,13H,3-5,9-12H2,1-2H3. The molecule has 1 aliphatic heterocycles. The molecule has 0 bridgehead atoms. The monoisotopic (exact) mass is 316 g/mol. The number of hydrogen-bond acceptors (Lipinski definition) is 5. The van der Waals surface area contributed by atoms with Crippen LogP contribution in [0.2, 0.25) is 0 Å². The topological polar surface area (TPSA) is 55.6 Å². The molecule has 0 amide bonds. The maximum atomic E-state index is 11.7. The molecule has 1 saturated heterocycles. The van der Waals surface area contributed by atoms with Gasteiger partial charge in [0.1, 0.15) is 6.61 Å². The van der Waals surface area contributed by atoms with Crippen LogP contribution in [0.25, 0.3) is 11.0 Å². The number of nitrogens with zero attached hydrogens (tertiary/aromatic N) is 2. The number of fused-ring (bicyclic) bond motifs is 1. The van der Waals surface area contributed by atoms with Gasteiger partial charge >= 0.3 is 5.76 Å². The molecule has 0 aliphatic carbocycles. The molecule has 1 fully saturated rings. The Hall–Kier alpha value is -1.88. The van der Waals surface area contributed by atoms with Crippen LogP contribution in [-0.4, -0.2) is 36.1 Å². The minimum atomic E-state index is -0.562. The van der Waals surface area contributed by atoms with E-state index in [9.17, 15) is 4.79 Å². The van der Waals surface area contributed by atoms with E-state index < -0.39 is 5.76 Å². The van der Waals surface area contributed by atoms with E-state index in [1.54, 1.807) is 0 Å². The molecular weight excluding hydrogens is 292 g/mol. The number of likely N-dealkylation sites (tertiary alicyclic amines) is 1. The van der Waals surface area contributed by atoms with Crippen LogP contribution in [0, 0.1) is 0 Å². The van der Waals surface area contributed by atoms with Gasteiger partial charge in [-0.25, -0.2) is 4.79 Å². The molecule has 0 radical (unpaired) electrons. The lowest BCUT2D eigenvalue weighted by atomic mass is 10.1. The van der Waals surface area contributed by atoms with Crippen molar-refractivity contribution in [1.82, 2.24) is 9.88 Å². The molecule has 5 heteroatoms. The number of ether oxygens (including phenoxy) is 1. The zero-order valence-corrected chi connectivity index (χ0v) is 13.9. The summed E-state index contributed by atoms with van der Waals surface area (Å²) in [7, 11) is 0. The minimum Gasteiger partial charge on any atom is -0.488 e. The number of hydrogen-bond donors (Lipinski definition) is 0. The third-order valence-corrected chi connectivity index (χ3v) is 4.32. The highest BCUT2D eigenvalue weighted by atomic mass is 16.5. The average molecular weight is 316 g/mol. The number of rotatable bonds is 5. The first kappa shape index (κ1) is 16.0. The normalized spacial score (nSPS) is 16.1. The van der Waals surface area contributed by atoms with Gasteiger partial charge in [-0.3, -0.25) is 4.90 Å². The first-order valence-electron chi connectivity index (χ1n) is 8.44. The van der Waals surface area contributed by atoms with Crippen LogP contribution < -0.4 is 10.5 Å². The minimum absolute atomic E-state index is 0.158. The Bertz CT molecular complexity index is 718. The molecule has 5 nitrogen and oxygen atoms in total. The van der Waals surface area contributed by atoms with E-state index >= 15 is 0 Å². The van der Waals surface area contributed by atoms with Crippen molar-refractivity contribution in [2.75, 3.05) is 26.2 Å². The molecule has 1 aromatic carbocycles. The van der Waals surface area contributed by atoms with Gasteiger partial charge in [0.2, 0.25) is 0 Å². The number of benzene rings is 1. The fraction of sp³-hybridized carbons (Fsp3) is 0.556. The van der Waals surface area contributed by atoms with Crippen LogP contribution in [0.4, 0.5) is 0 Å². The van der Waals surface area contributed by atoms with Crippen molar-refractivity contribution < 1.29 is 9.15 Å². The second-order valence-corrected chi connectivity index (χ2v) is 6.40. The first-order valence-corrected chi connectivity index (χ1v) is 8.44. The van der Waals surface area contributed by atoms with Gasteiger partial charge in [0.25, 0.3) is 0 Å². The van der Waals surface area contributed by atoms with Crippen molar-refractivity contribution in [3.05, 3.63) is 34.4 Å². The van der Waals surface area contributed by atoms with E-state index in [2.05, 4.69) is 9.88 Å². The highest BCUT2D eigenvalue weighted by Crippen LogP contribution is 2.29. The largest absolute Gasteiger partial charge is 0.488 e. The van der Waals surface area contributed by atoms with Crippen molar-refractivity contribution in [3.8, 4) is 5.75 Å². The number of para-hydroxylation sites is 1. The van der Waals surface area contributed by atoms with Gasteiger partial charge in [-0.15, -0.1) is 0 Å². The van der Waals surface area contributed by atoms with Crippen molar-refractivity contribution in [3.63, 3.8) is 0 Å². The molecule has 1 aliphatic rings. The van der Waals surface area contributed by atoms with Crippen LogP contribution in [0.5, 0.6) is 5.75 Å². The molecular formula is C18H24N2O3. The van der Waals surface area contributed by atoms with Gasteiger partial charge in [-0.2, -0.15) is 4.98 Å². The van der Waals surface area contributed by atoms with Crippen molar-refractivity contribution in [2.24, 2.45) is 0 Å². The Balaban J connectivity index is 1.79. The maximum Gasteiger partial charge on any atom is 0.439 e. The first-order chi connectivity index (χ1) is 11.1. The second kappa shape index (κ2) is 7.13. The summed E-state index contributed by atoms with van der Waals surface area (Å²) in [5, 5.41) is 0.857. The Morgan fingerprint density at radius 3 is 2.78 bits per heavy atom. The average Bonchev–Trinajstić information content (AvgIpc) is 2.55. The maximum absolute atomic E-state index is 11.7. The lowest BCUT2D eigenvalue weighted by Crippen LogP contribution is -2.33. The highest BCUT2D eigenvalue weighted by Gasteiger charge is 2.15. The van der Waals surface area contributed by atoms with Crippen LogP contribution >= 0.6 is 0 Å². The van der Waals surface area contributed by atoms with Crippen molar-refractivity contribution in [2.45, 2.75) is 39.0 Å². The summed E-state index contributed by atoms with van der Waals surface area (Å²) < 4.78 is 11.2. The molecule has 0 unspecified atom stereocenters. The van der Waals surface area contributed by atoms with Gasteiger partial charge in [0.05, 0.1) is 5.69 Å². The smallest absolute Gasteiger partial charge is 0.439 e. The second-order valence-electron chi connectivity index (χ2n) is 6.40. The van der Waals surface area contributed by atoms with Crippen LogP contribution in [0.1, 0.15) is 44.7 Å². The predicted molar refractivity (Wildman–Crippen MR) is 90.2 cm³/mol. The van der Waals surface area contributed by atoms with E-state index in [0.29, 0.717) is 17.9 Å². The molecule has 124 valence electrons. The quantitative estimate of drug-likeness (QED) is 0.848. The van der Waals surface area contributed by atoms with Gasteiger partial charge in [0.15, 0.2) is 11.3 Å². The van der Waals surface area contributed by atoms with E-state index in [4.69, 9.17) is 9.15 Å². The lowest BCUT2D eigenvalue weighted by molar-refractivity contribution is 0.183. The van der Waals surface area contributed by atoms with Gasteiger partial charge in [0, 0.05) is 11.9 Å². The van der Waals surface area contributed by atoms with Crippen LogP contribution in [-0.2, 0) is 0 Å². The van der Waals surface area contributed by atoms with Crippen LogP contribution in [0.15, 0.2) is 27.4 Å². The number of piperidine rings is 1. The molecule has 1 aromatic heterocycles. The fourth-order valence-electron chi connectivity index (χ4n) is 3.11.